The molecular formula is C53H37F9N6O18S3. The number of urea groups is 2. The molecule has 0 fully saturated rings. The van der Waals surface area contributed by atoms with Crippen LogP contribution in [0.4, 0.5) is 81.2 Å². The minimum Gasteiger partial charge on any atom is -0.477 e. The Labute approximate surface area is 501 Å². The Morgan fingerprint density at radius 3 is 1.20 bits per heavy atom. The number of amides is 4. The van der Waals surface area contributed by atoms with Crippen molar-refractivity contribution in [2.75, 3.05) is 61.1 Å². The lowest BCUT2D eigenvalue weighted by Gasteiger charge is -2.16. The van der Waals surface area contributed by atoms with Crippen molar-refractivity contribution < 1.29 is 110 Å². The van der Waals surface area contributed by atoms with Gasteiger partial charge in [0.2, 0.25) is 6.08 Å². The topological polar surface area (TPSA) is 314 Å². The number of anilines is 5. The first-order chi connectivity index (χ1) is 41.8. The van der Waals surface area contributed by atoms with Crippen LogP contribution in [0.25, 0.3) is 30.8 Å². The number of isocyanates is 1. The summed E-state index contributed by atoms with van der Waals surface area (Å²) in [6, 6.07) is 21.0. The minimum absolute atomic E-state index is 0.0838. The number of esters is 2. The van der Waals surface area contributed by atoms with Crippen LogP contribution in [-0.2, 0) is 14.3 Å². The molecule has 0 spiro atoms. The summed E-state index contributed by atoms with van der Waals surface area (Å²) in [5.74, 6) is -4.17. The molecule has 0 aliphatic heterocycles. The summed E-state index contributed by atoms with van der Waals surface area (Å²) in [6.45, 7) is 0. The van der Waals surface area contributed by atoms with Crippen LogP contribution in [0.3, 0.4) is 0 Å². The predicted molar refractivity (Wildman–Crippen MR) is 302 cm³/mol. The first kappa shape index (κ1) is 67.4. The Hall–Kier alpha value is -10.7. The number of ether oxygens (including phenoxy) is 5. The smallest absolute Gasteiger partial charge is 0.477 e. The van der Waals surface area contributed by atoms with Gasteiger partial charge in [-0.3, -0.25) is 9.80 Å². The molecule has 0 saturated carbocycles. The van der Waals surface area contributed by atoms with Gasteiger partial charge in [-0.15, -0.1) is 73.5 Å². The summed E-state index contributed by atoms with van der Waals surface area (Å²) >= 11 is 3.50. The number of methoxy groups -OCH3 is 2. The van der Waals surface area contributed by atoms with E-state index in [1.54, 1.807) is 13.1 Å². The molecule has 4 N–H and O–H groups in total. The van der Waals surface area contributed by atoms with E-state index in [1.165, 1.54) is 109 Å². The van der Waals surface area contributed by atoms with E-state index >= 15 is 0 Å². The second kappa shape index (κ2) is 28.7. The summed E-state index contributed by atoms with van der Waals surface area (Å²) in [7, 11) is 6.98. The van der Waals surface area contributed by atoms with Crippen LogP contribution < -0.4 is 56.8 Å². The number of carboxylic acid groups (broad SMARTS) is 1. The Morgan fingerprint density at radius 1 is 0.528 bits per heavy atom. The third-order valence-electron chi connectivity index (χ3n) is 10.7. The molecule has 6 aromatic heterocycles. The number of rotatable bonds is 12. The molecule has 89 heavy (non-hydrogen) atoms. The van der Waals surface area contributed by atoms with Crippen molar-refractivity contribution in [2.24, 2.45) is 4.99 Å². The molecule has 0 atom stereocenters. The summed E-state index contributed by atoms with van der Waals surface area (Å²) in [4.78, 5) is 109. The van der Waals surface area contributed by atoms with Gasteiger partial charge < -0.3 is 58.0 Å². The molecule has 9 aromatic rings. The molecule has 0 unspecified atom stereocenters. The first-order valence-electron chi connectivity index (χ1n) is 23.8. The zero-order chi connectivity index (χ0) is 65.7. The van der Waals surface area contributed by atoms with Crippen molar-refractivity contribution in [3.8, 4) is 17.2 Å². The zero-order valence-corrected chi connectivity index (χ0v) is 47.7. The Balaban J connectivity index is 0.000000199. The highest BCUT2D eigenvalue weighted by atomic mass is 32.1. The third kappa shape index (κ3) is 19.1. The molecule has 0 aliphatic rings. The lowest BCUT2D eigenvalue weighted by Crippen LogP contribution is -2.30. The van der Waals surface area contributed by atoms with Crippen LogP contribution in [-0.4, -0.2) is 95.6 Å². The van der Waals surface area contributed by atoms with Crippen LogP contribution in [0.15, 0.2) is 142 Å². The number of alkyl halides is 9. The van der Waals surface area contributed by atoms with E-state index in [1.807, 2.05) is 0 Å². The van der Waals surface area contributed by atoms with E-state index in [0.29, 0.717) is 25.0 Å². The second-order valence-electron chi connectivity index (χ2n) is 16.7. The lowest BCUT2D eigenvalue weighted by molar-refractivity contribution is -0.275. The molecule has 0 saturated heterocycles. The van der Waals surface area contributed by atoms with Gasteiger partial charge >= 0.3 is 65.9 Å². The number of aliphatic imine (C=N–C) groups is 1. The number of hydrogen-bond donors (Lipinski definition) is 4. The number of hydrogen-bond acceptors (Lipinski definition) is 22. The largest absolute Gasteiger partial charge is 0.573 e. The van der Waals surface area contributed by atoms with E-state index in [-0.39, 0.29) is 45.1 Å². The molecule has 24 nitrogen and oxygen atoms in total. The van der Waals surface area contributed by atoms with Gasteiger partial charge in [0.05, 0.1) is 39.0 Å². The maximum Gasteiger partial charge on any atom is 0.573 e. The molecule has 0 bridgehead atoms. The summed E-state index contributed by atoms with van der Waals surface area (Å²) in [5.41, 5.74) is -2.00. The highest BCUT2D eigenvalue weighted by Crippen LogP contribution is 2.35. The average molecular weight is 1310 g/mol. The van der Waals surface area contributed by atoms with Crippen LogP contribution in [0.5, 0.6) is 17.2 Å². The Bertz CT molecular complexity index is 4290. The van der Waals surface area contributed by atoms with Gasteiger partial charge in [-0.2, -0.15) is 4.99 Å². The predicted octanol–water partition coefficient (Wildman–Crippen LogP) is 12.6. The van der Waals surface area contributed by atoms with Crippen molar-refractivity contribution in [3.63, 3.8) is 0 Å². The maximum atomic E-state index is 12.4. The van der Waals surface area contributed by atoms with Crippen LogP contribution in [0.2, 0.25) is 0 Å². The molecule has 3 aromatic carbocycles. The SMILES string of the molecule is CN(C(=O)Nc1ccc(OC(F)(F)F)cc1)c1cc2oc(=O)c(C(=O)O)cc2s1.CNc1cc2oc(=O)c(C(=O)OC)cc2s1.COC(=O)c1cc2sc(N(C)C(=O)Nc3ccc(OC(F)(F)F)cc3)cc2oc1=O.O=C=Nc1ccc(OC(F)(F)F)cc1. The third-order valence-corrected chi connectivity index (χ3v) is 14.1. The summed E-state index contributed by atoms with van der Waals surface area (Å²) < 4.78 is 145. The number of thiophene rings is 3. The van der Waals surface area contributed by atoms with Gasteiger partial charge in [0, 0.05) is 50.7 Å². The number of nitrogens with one attached hydrogen (secondary N) is 3. The normalized spacial score (nSPS) is 11.0. The monoisotopic (exact) mass is 1310 g/mol. The number of carbonyl (C=O) groups excluding carboxylic acids is 5. The lowest BCUT2D eigenvalue weighted by atomic mass is 10.3. The van der Waals surface area contributed by atoms with E-state index in [0.717, 1.165) is 81.9 Å². The number of carboxylic acids is 1. The van der Waals surface area contributed by atoms with E-state index in [2.05, 4.69) is 44.6 Å². The Morgan fingerprint density at radius 2 is 0.865 bits per heavy atom. The fraction of sp³-hybridized carbons (Fsp3) is 0.151. The van der Waals surface area contributed by atoms with Gasteiger partial charge in [0.15, 0.2) is 16.7 Å². The van der Waals surface area contributed by atoms with Crippen molar-refractivity contribution in [3.05, 3.63) is 157 Å². The first-order valence-corrected chi connectivity index (χ1v) is 26.3. The molecule has 9 rings (SSSR count). The average Bonchev–Trinajstić information content (AvgIpc) is 2.75. The number of carbonyl (C=O) groups is 5. The zero-order valence-electron chi connectivity index (χ0n) is 45.2. The highest BCUT2D eigenvalue weighted by molar-refractivity contribution is 7.23. The highest BCUT2D eigenvalue weighted by Gasteiger charge is 2.33. The molecule has 4 amide bonds. The van der Waals surface area contributed by atoms with Gasteiger partial charge in [-0.1, -0.05) is 0 Å². The maximum absolute atomic E-state index is 12.4. The fourth-order valence-corrected chi connectivity index (χ4v) is 9.55. The quantitative estimate of drug-likeness (QED) is 0.0382. The number of nitrogens with zero attached hydrogens (tertiary/aromatic N) is 3. The molecule has 0 aliphatic carbocycles. The van der Waals surface area contributed by atoms with Crippen molar-refractivity contribution in [2.45, 2.75) is 19.1 Å². The number of halogens is 9. The van der Waals surface area contributed by atoms with Crippen molar-refractivity contribution >= 4 is 133 Å². The van der Waals surface area contributed by atoms with E-state index in [9.17, 15) is 82.7 Å². The number of aromatic carboxylic acids is 1. The van der Waals surface area contributed by atoms with Gasteiger partial charge in [-0.25, -0.2) is 43.2 Å². The van der Waals surface area contributed by atoms with Crippen LogP contribution in [0, 0.1) is 0 Å². The molecule has 0 radical (unpaired) electrons. The van der Waals surface area contributed by atoms with Crippen LogP contribution in [0.1, 0.15) is 31.1 Å². The van der Waals surface area contributed by atoms with Gasteiger partial charge in [-0.05, 0) is 91.0 Å². The van der Waals surface area contributed by atoms with Crippen molar-refractivity contribution in [1.29, 1.82) is 0 Å². The molecule has 36 heteroatoms. The molecule has 468 valence electrons. The van der Waals surface area contributed by atoms with E-state index in [4.69, 9.17) is 18.4 Å². The van der Waals surface area contributed by atoms with Gasteiger partial charge in [0.25, 0.3) is 0 Å². The van der Waals surface area contributed by atoms with Crippen molar-refractivity contribution in [1.82, 2.24) is 0 Å². The van der Waals surface area contributed by atoms with E-state index < -0.39 is 83.0 Å². The molecule has 6 heterocycles. The Kier molecular flexibility index (Phi) is 21.7. The standard InChI is InChI=1S/C18H13F3N2O6S.C17H11F3N2O6S.C10H9NO4S.C8H4F3NO2/c1-23(17(26)22-9-3-5-10(6-4-9)29-18(19,20)21)14-8-12-13(30-14)7-11(15(24)27-2)16(25)28-12;1-22(13-7-11-12(29-13)6-10(14(23)24)15(25)27-11)16(26)21-8-2-4-9(5-3-8)28-17(18,19)20;1-11-8-4-6-7(16-8)3-5(9(12)14-2)10(13)15-6;9-8(10,11)14-7-3-1-6(2-4-7)12-5-13/h3-8H,1-2H3,(H,22,26);2-7H,1H3,(H,21,26)(H,23,24);3-4,11H,1-2H3;1-4H. The fourth-order valence-electron chi connectivity index (χ4n) is 6.69. The molecular weight excluding hydrogens is 1280 g/mol. The summed E-state index contributed by atoms with van der Waals surface area (Å²) in [6.07, 6.45) is -13.1. The van der Waals surface area contributed by atoms with Gasteiger partial charge in [0.1, 0.15) is 43.9 Å². The number of benzene rings is 3. The number of fused-ring (bicyclic) bond motifs is 3. The minimum atomic E-state index is -4.82. The second-order valence-corrected chi connectivity index (χ2v) is 19.9. The van der Waals surface area contributed by atoms with Crippen LogP contribution >= 0.6 is 34.0 Å². The summed E-state index contributed by atoms with van der Waals surface area (Å²) in [5, 5.41) is 18.5.